The average Bonchev–Trinajstić information content (AvgIpc) is 2.33. The molecule has 0 aromatic heterocycles. The second-order valence-electron chi connectivity index (χ2n) is 4.98. The predicted molar refractivity (Wildman–Crippen MR) is 54.2 cm³/mol. The summed E-state index contributed by atoms with van der Waals surface area (Å²) in [6.07, 6.45) is 1.26. The first kappa shape index (κ1) is 11.0. The molecule has 1 unspecified atom stereocenters. The number of nitrogens with zero attached hydrogens (tertiary/aromatic N) is 1. The van der Waals surface area contributed by atoms with Gasteiger partial charge < -0.3 is 0 Å². The zero-order valence-electron chi connectivity index (χ0n) is 9.26. The smallest absolute Gasteiger partial charge is 0.119 e. The van der Waals surface area contributed by atoms with Crippen molar-refractivity contribution in [2.24, 2.45) is 5.92 Å². The highest BCUT2D eigenvalue weighted by molar-refractivity contribution is 4.68. The van der Waals surface area contributed by atoms with E-state index in [9.17, 15) is 0 Å². The fourth-order valence-electron chi connectivity index (χ4n) is 1.35. The Bertz CT molecular complexity index is 153. The van der Waals surface area contributed by atoms with Crippen molar-refractivity contribution in [2.75, 3.05) is 19.8 Å². The van der Waals surface area contributed by atoms with Gasteiger partial charge in [-0.3, -0.25) is 10.2 Å². The fraction of sp³-hybridized carbons (Fsp3) is 1.00. The van der Waals surface area contributed by atoms with Gasteiger partial charge in [0, 0.05) is 18.6 Å². The van der Waals surface area contributed by atoms with Crippen molar-refractivity contribution in [3.8, 4) is 0 Å². The third-order valence-electron chi connectivity index (χ3n) is 2.24. The van der Waals surface area contributed by atoms with E-state index in [1.165, 1.54) is 6.42 Å². The molecule has 0 aliphatic carbocycles. The van der Waals surface area contributed by atoms with E-state index in [0.717, 1.165) is 19.0 Å². The molecule has 3 heteroatoms. The Labute approximate surface area is 81.4 Å². The number of rotatable bonds is 3. The van der Waals surface area contributed by atoms with Crippen molar-refractivity contribution < 1.29 is 4.84 Å². The summed E-state index contributed by atoms with van der Waals surface area (Å²) in [5.41, 5.74) is 0.144. The molecular formula is C10H22N2O. The van der Waals surface area contributed by atoms with Gasteiger partial charge in [0.2, 0.25) is 0 Å². The molecule has 1 aliphatic heterocycles. The second-order valence-corrected chi connectivity index (χ2v) is 4.98. The lowest BCUT2D eigenvalue weighted by Gasteiger charge is -2.23. The number of nitrogens with one attached hydrogen (secondary N) is 1. The zero-order valence-corrected chi connectivity index (χ0v) is 9.26. The van der Waals surface area contributed by atoms with Gasteiger partial charge in [0.15, 0.2) is 0 Å². The van der Waals surface area contributed by atoms with Crippen LogP contribution >= 0.6 is 0 Å². The number of hydrogen-bond donors (Lipinski definition) is 1. The highest BCUT2D eigenvalue weighted by atomic mass is 16.7. The van der Waals surface area contributed by atoms with Gasteiger partial charge in [-0.2, -0.15) is 5.06 Å². The Kier molecular flexibility index (Phi) is 3.71. The van der Waals surface area contributed by atoms with Crippen LogP contribution in [0.15, 0.2) is 0 Å². The molecule has 1 fully saturated rings. The minimum atomic E-state index is 0.144. The molecule has 3 nitrogen and oxygen atoms in total. The van der Waals surface area contributed by atoms with Crippen molar-refractivity contribution in [1.82, 2.24) is 10.4 Å². The summed E-state index contributed by atoms with van der Waals surface area (Å²) < 4.78 is 0. The lowest BCUT2D eigenvalue weighted by atomic mass is 10.1. The molecule has 0 saturated carbocycles. The van der Waals surface area contributed by atoms with E-state index in [-0.39, 0.29) is 5.54 Å². The molecule has 1 atom stereocenters. The van der Waals surface area contributed by atoms with Crippen LogP contribution < -0.4 is 5.32 Å². The van der Waals surface area contributed by atoms with Crippen molar-refractivity contribution >= 4 is 0 Å². The SMILES string of the molecule is CC1CCN(OCNC(C)(C)C)C1. The maximum Gasteiger partial charge on any atom is 0.119 e. The van der Waals surface area contributed by atoms with Crippen LogP contribution in [0.3, 0.4) is 0 Å². The van der Waals surface area contributed by atoms with Gasteiger partial charge in [0.1, 0.15) is 6.73 Å². The van der Waals surface area contributed by atoms with E-state index in [1.807, 2.05) is 0 Å². The second kappa shape index (κ2) is 4.40. The van der Waals surface area contributed by atoms with Crippen LogP contribution in [-0.2, 0) is 4.84 Å². The summed E-state index contributed by atoms with van der Waals surface area (Å²) in [5.74, 6) is 0.787. The number of hydrogen-bond acceptors (Lipinski definition) is 3. The van der Waals surface area contributed by atoms with Crippen LogP contribution in [0.1, 0.15) is 34.1 Å². The number of hydroxylamine groups is 2. The minimum Gasteiger partial charge on any atom is -0.288 e. The van der Waals surface area contributed by atoms with E-state index in [1.54, 1.807) is 0 Å². The molecule has 13 heavy (non-hydrogen) atoms. The van der Waals surface area contributed by atoms with Gasteiger partial charge in [-0.15, -0.1) is 0 Å². The molecule has 0 aromatic carbocycles. The molecule has 0 aromatic rings. The maximum atomic E-state index is 5.57. The summed E-state index contributed by atoms with van der Waals surface area (Å²) in [5, 5.41) is 5.36. The summed E-state index contributed by atoms with van der Waals surface area (Å²) in [6, 6.07) is 0. The van der Waals surface area contributed by atoms with Crippen LogP contribution in [-0.4, -0.2) is 30.4 Å². The standard InChI is InChI=1S/C10H22N2O/c1-9-5-6-12(7-9)13-8-11-10(2,3)4/h9,11H,5-8H2,1-4H3. The first-order valence-electron chi connectivity index (χ1n) is 5.10. The largest absolute Gasteiger partial charge is 0.288 e. The van der Waals surface area contributed by atoms with E-state index < -0.39 is 0 Å². The maximum absolute atomic E-state index is 5.57. The summed E-state index contributed by atoms with van der Waals surface area (Å²) in [4.78, 5) is 5.57. The molecule has 1 saturated heterocycles. The van der Waals surface area contributed by atoms with Gasteiger partial charge in [0.05, 0.1) is 0 Å². The van der Waals surface area contributed by atoms with Gasteiger partial charge in [0.25, 0.3) is 0 Å². The topological polar surface area (TPSA) is 24.5 Å². The van der Waals surface area contributed by atoms with Crippen molar-refractivity contribution in [1.29, 1.82) is 0 Å². The Morgan fingerprint density at radius 3 is 2.62 bits per heavy atom. The van der Waals surface area contributed by atoms with Gasteiger partial charge >= 0.3 is 0 Å². The van der Waals surface area contributed by atoms with E-state index in [0.29, 0.717) is 6.73 Å². The van der Waals surface area contributed by atoms with E-state index in [4.69, 9.17) is 4.84 Å². The van der Waals surface area contributed by atoms with E-state index >= 15 is 0 Å². The molecular weight excluding hydrogens is 164 g/mol. The Morgan fingerprint density at radius 2 is 2.15 bits per heavy atom. The molecule has 1 heterocycles. The third kappa shape index (κ3) is 4.60. The normalized spacial score (nSPS) is 25.4. The molecule has 0 radical (unpaired) electrons. The van der Waals surface area contributed by atoms with Crippen LogP contribution in [0.5, 0.6) is 0 Å². The molecule has 1 N–H and O–H groups in total. The summed E-state index contributed by atoms with van der Waals surface area (Å²) in [7, 11) is 0. The van der Waals surface area contributed by atoms with Crippen LogP contribution in [0.4, 0.5) is 0 Å². The highest BCUT2D eigenvalue weighted by Gasteiger charge is 2.19. The molecule has 1 aliphatic rings. The van der Waals surface area contributed by atoms with Crippen LogP contribution in [0, 0.1) is 5.92 Å². The van der Waals surface area contributed by atoms with Crippen LogP contribution in [0.25, 0.3) is 0 Å². The minimum absolute atomic E-state index is 0.144. The van der Waals surface area contributed by atoms with Gasteiger partial charge in [-0.25, -0.2) is 0 Å². The first-order chi connectivity index (χ1) is 5.97. The quantitative estimate of drug-likeness (QED) is 0.678. The average molecular weight is 186 g/mol. The van der Waals surface area contributed by atoms with Gasteiger partial charge in [-0.1, -0.05) is 6.92 Å². The first-order valence-corrected chi connectivity index (χ1v) is 5.10. The van der Waals surface area contributed by atoms with E-state index in [2.05, 4.69) is 38.1 Å². The summed E-state index contributed by atoms with van der Waals surface area (Å²) in [6.45, 7) is 11.5. The Balaban J connectivity index is 2.07. The van der Waals surface area contributed by atoms with Gasteiger partial charge in [-0.05, 0) is 33.1 Å². The monoisotopic (exact) mass is 186 g/mol. The zero-order chi connectivity index (χ0) is 9.90. The summed E-state index contributed by atoms with van der Waals surface area (Å²) >= 11 is 0. The molecule has 0 amide bonds. The highest BCUT2D eigenvalue weighted by Crippen LogP contribution is 2.14. The molecule has 0 bridgehead atoms. The molecule has 1 rings (SSSR count). The van der Waals surface area contributed by atoms with Crippen molar-refractivity contribution in [3.63, 3.8) is 0 Å². The van der Waals surface area contributed by atoms with Crippen molar-refractivity contribution in [3.05, 3.63) is 0 Å². The van der Waals surface area contributed by atoms with Crippen LogP contribution in [0.2, 0.25) is 0 Å². The van der Waals surface area contributed by atoms with Crippen molar-refractivity contribution in [2.45, 2.75) is 39.7 Å². The lowest BCUT2D eigenvalue weighted by molar-refractivity contribution is -0.155. The third-order valence-corrected chi connectivity index (χ3v) is 2.24. The predicted octanol–water partition coefficient (Wildman–Crippen LogP) is 1.61. The molecule has 78 valence electrons. The molecule has 0 spiro atoms. The Hall–Kier alpha value is -0.120. The lowest BCUT2D eigenvalue weighted by Crippen LogP contribution is -2.39. The Morgan fingerprint density at radius 1 is 1.46 bits per heavy atom. The fourth-order valence-corrected chi connectivity index (χ4v) is 1.35.